The van der Waals surface area contributed by atoms with Crippen molar-refractivity contribution in [2.75, 3.05) is 6.54 Å². The van der Waals surface area contributed by atoms with Crippen LogP contribution in [0.15, 0.2) is 109 Å². The van der Waals surface area contributed by atoms with Crippen molar-refractivity contribution in [2.45, 2.75) is 18.4 Å². The molecule has 0 radical (unpaired) electrons. The molecule has 5 nitrogen and oxygen atoms in total. The molecule has 0 bridgehead atoms. The van der Waals surface area contributed by atoms with E-state index >= 15 is 0 Å². The van der Waals surface area contributed by atoms with Gasteiger partial charge < -0.3 is 15.6 Å². The molecule has 7 heteroatoms. The number of nitrogens with one attached hydrogen (secondary N) is 3. The number of benzene rings is 4. The van der Waals surface area contributed by atoms with Gasteiger partial charge in [0.15, 0.2) is 0 Å². The Morgan fingerprint density at radius 2 is 1.41 bits per heavy atom. The summed E-state index contributed by atoms with van der Waals surface area (Å²) in [6.45, 7) is 0.338. The summed E-state index contributed by atoms with van der Waals surface area (Å²) in [7, 11) is 0. The normalized spacial score (nSPS) is 12.6. The Kier molecular flexibility index (Phi) is 8.30. The van der Waals surface area contributed by atoms with Crippen molar-refractivity contribution in [2.24, 2.45) is 0 Å². The monoisotopic (exact) mass is 555 g/mol. The molecule has 0 saturated carbocycles. The lowest BCUT2D eigenvalue weighted by Crippen LogP contribution is -2.35. The van der Waals surface area contributed by atoms with Gasteiger partial charge in [0.1, 0.15) is 0 Å². The first-order valence-corrected chi connectivity index (χ1v) is 13.4. The lowest BCUT2D eigenvalue weighted by Gasteiger charge is -2.22. The zero-order chi connectivity index (χ0) is 27.2. The molecule has 4 aromatic carbocycles. The highest BCUT2D eigenvalue weighted by molar-refractivity contribution is 6.33. The Hall–Kier alpha value is -4.06. The van der Waals surface area contributed by atoms with Crippen LogP contribution < -0.4 is 10.6 Å². The Bertz CT molecular complexity index is 1600. The molecule has 1 aromatic heterocycles. The van der Waals surface area contributed by atoms with Crippen molar-refractivity contribution in [3.05, 3.63) is 142 Å². The van der Waals surface area contributed by atoms with E-state index in [0.717, 1.165) is 27.6 Å². The van der Waals surface area contributed by atoms with E-state index < -0.39 is 6.04 Å². The Labute approximate surface area is 237 Å². The van der Waals surface area contributed by atoms with Crippen LogP contribution in [0.2, 0.25) is 10.0 Å². The van der Waals surface area contributed by atoms with Gasteiger partial charge in [-0.25, -0.2) is 0 Å². The van der Waals surface area contributed by atoms with Gasteiger partial charge >= 0.3 is 0 Å². The molecule has 0 aliphatic rings. The van der Waals surface area contributed by atoms with Crippen molar-refractivity contribution in [3.8, 4) is 0 Å². The zero-order valence-corrected chi connectivity index (χ0v) is 22.5. The fraction of sp³-hybridized carbons (Fsp3) is 0.125. The minimum absolute atomic E-state index is 0.0589. The van der Waals surface area contributed by atoms with Crippen LogP contribution >= 0.6 is 23.2 Å². The summed E-state index contributed by atoms with van der Waals surface area (Å²) in [5, 5.41) is 8.15. The maximum atomic E-state index is 13.3. The van der Waals surface area contributed by atoms with E-state index in [-0.39, 0.29) is 24.2 Å². The number of rotatable bonds is 9. The highest BCUT2D eigenvalue weighted by Gasteiger charge is 2.24. The van der Waals surface area contributed by atoms with Crippen molar-refractivity contribution in [1.82, 2.24) is 15.6 Å². The summed E-state index contributed by atoms with van der Waals surface area (Å²) >= 11 is 12.9. The van der Waals surface area contributed by atoms with E-state index in [0.29, 0.717) is 22.2 Å². The van der Waals surface area contributed by atoms with E-state index in [1.807, 2.05) is 79.0 Å². The largest absolute Gasteiger partial charge is 0.361 e. The third-order valence-electron chi connectivity index (χ3n) is 6.80. The van der Waals surface area contributed by atoms with Crippen LogP contribution in [0.4, 0.5) is 0 Å². The van der Waals surface area contributed by atoms with Crippen molar-refractivity contribution < 1.29 is 9.59 Å². The van der Waals surface area contributed by atoms with Gasteiger partial charge in [0, 0.05) is 34.6 Å². The number of carbonyl (C=O) groups is 2. The molecule has 2 atom stereocenters. The topological polar surface area (TPSA) is 74.0 Å². The SMILES string of the molecule is O=C(CC(NC(=O)c1ccccc1Cl)c1ccccc1)NCC(c1ccccc1Cl)c1c[nH]c2ccccc12. The summed E-state index contributed by atoms with van der Waals surface area (Å²) < 4.78 is 0. The second-order valence-corrected chi connectivity index (χ2v) is 10.1. The molecule has 0 fully saturated rings. The van der Waals surface area contributed by atoms with Gasteiger partial charge in [-0.05, 0) is 41.0 Å². The highest BCUT2D eigenvalue weighted by Crippen LogP contribution is 2.34. The van der Waals surface area contributed by atoms with Crippen LogP contribution in [-0.4, -0.2) is 23.3 Å². The number of H-pyrrole nitrogens is 1. The number of hydrogen-bond acceptors (Lipinski definition) is 2. The molecule has 39 heavy (non-hydrogen) atoms. The molecule has 196 valence electrons. The Morgan fingerprint density at radius 3 is 2.18 bits per heavy atom. The van der Waals surface area contributed by atoms with E-state index in [9.17, 15) is 9.59 Å². The predicted octanol–water partition coefficient (Wildman–Crippen LogP) is 7.28. The number of aromatic nitrogens is 1. The third kappa shape index (κ3) is 6.17. The minimum Gasteiger partial charge on any atom is -0.361 e. The summed E-state index contributed by atoms with van der Waals surface area (Å²) in [6.07, 6.45) is 2.03. The first kappa shape index (κ1) is 26.5. The van der Waals surface area contributed by atoms with Crippen LogP contribution in [0.5, 0.6) is 0 Å². The van der Waals surface area contributed by atoms with E-state index in [2.05, 4.69) is 21.7 Å². The summed E-state index contributed by atoms with van der Waals surface area (Å²) in [6, 6.07) is 31.5. The molecule has 5 aromatic rings. The van der Waals surface area contributed by atoms with Gasteiger partial charge in [-0.3, -0.25) is 9.59 Å². The first-order chi connectivity index (χ1) is 19.0. The molecule has 0 spiro atoms. The standard InChI is InChI=1S/C32H27Cl2N3O2/c33-27-15-7-4-12-22(27)25(26-19-35-29-17-9-6-13-23(26)29)20-36-31(38)18-30(21-10-2-1-3-11-21)37-32(39)24-14-5-8-16-28(24)34/h1-17,19,25,30,35H,18,20H2,(H,36,38)(H,37,39). The number of para-hydroxylation sites is 1. The summed E-state index contributed by atoms with van der Waals surface area (Å²) in [5.74, 6) is -0.707. The van der Waals surface area contributed by atoms with E-state index in [1.54, 1.807) is 24.3 Å². The molecular weight excluding hydrogens is 529 g/mol. The predicted molar refractivity (Wildman–Crippen MR) is 157 cm³/mol. The van der Waals surface area contributed by atoms with Crippen LogP contribution in [0.25, 0.3) is 10.9 Å². The smallest absolute Gasteiger partial charge is 0.253 e. The molecule has 0 aliphatic heterocycles. The molecule has 2 amide bonds. The molecule has 0 saturated heterocycles. The van der Waals surface area contributed by atoms with Gasteiger partial charge in [0.2, 0.25) is 5.91 Å². The van der Waals surface area contributed by atoms with Crippen molar-refractivity contribution in [3.63, 3.8) is 0 Å². The number of carbonyl (C=O) groups excluding carboxylic acids is 2. The molecule has 5 rings (SSSR count). The van der Waals surface area contributed by atoms with Gasteiger partial charge in [0.05, 0.1) is 23.0 Å². The fourth-order valence-electron chi connectivity index (χ4n) is 4.82. The van der Waals surface area contributed by atoms with Crippen LogP contribution in [-0.2, 0) is 4.79 Å². The maximum Gasteiger partial charge on any atom is 0.253 e. The number of fused-ring (bicyclic) bond motifs is 1. The molecule has 1 heterocycles. The number of amides is 2. The molecule has 2 unspecified atom stereocenters. The van der Waals surface area contributed by atoms with E-state index in [4.69, 9.17) is 23.2 Å². The van der Waals surface area contributed by atoms with E-state index in [1.165, 1.54) is 0 Å². The fourth-order valence-corrected chi connectivity index (χ4v) is 5.31. The zero-order valence-electron chi connectivity index (χ0n) is 21.0. The Morgan fingerprint density at radius 1 is 0.744 bits per heavy atom. The second kappa shape index (κ2) is 12.2. The lowest BCUT2D eigenvalue weighted by atomic mass is 9.90. The van der Waals surface area contributed by atoms with Gasteiger partial charge in [-0.1, -0.05) is 102 Å². The number of halogens is 2. The molecule has 3 N–H and O–H groups in total. The molecule has 0 aliphatic carbocycles. The van der Waals surface area contributed by atoms with Crippen molar-refractivity contribution >= 4 is 45.9 Å². The quantitative estimate of drug-likeness (QED) is 0.179. The second-order valence-electron chi connectivity index (χ2n) is 9.29. The highest BCUT2D eigenvalue weighted by atomic mass is 35.5. The van der Waals surface area contributed by atoms with Gasteiger partial charge in [0.25, 0.3) is 5.91 Å². The Balaban J connectivity index is 1.37. The van der Waals surface area contributed by atoms with Gasteiger partial charge in [-0.2, -0.15) is 0 Å². The number of aromatic amines is 1. The molecular formula is C32H27Cl2N3O2. The lowest BCUT2D eigenvalue weighted by molar-refractivity contribution is -0.121. The van der Waals surface area contributed by atoms with Crippen LogP contribution in [0.1, 0.15) is 45.4 Å². The average molecular weight is 556 g/mol. The summed E-state index contributed by atoms with van der Waals surface area (Å²) in [5.41, 5.74) is 4.18. The van der Waals surface area contributed by atoms with Crippen LogP contribution in [0.3, 0.4) is 0 Å². The third-order valence-corrected chi connectivity index (χ3v) is 7.47. The van der Waals surface area contributed by atoms with Gasteiger partial charge in [-0.15, -0.1) is 0 Å². The summed E-state index contributed by atoms with van der Waals surface area (Å²) in [4.78, 5) is 29.7. The maximum absolute atomic E-state index is 13.3. The van der Waals surface area contributed by atoms with Crippen molar-refractivity contribution in [1.29, 1.82) is 0 Å². The average Bonchev–Trinajstić information content (AvgIpc) is 3.38. The minimum atomic E-state index is -0.540. The van der Waals surface area contributed by atoms with Crippen LogP contribution in [0, 0.1) is 0 Å². The number of hydrogen-bond donors (Lipinski definition) is 3. The first-order valence-electron chi connectivity index (χ1n) is 12.7.